The predicted molar refractivity (Wildman–Crippen MR) is 125 cm³/mol. The number of thioether (sulfide) groups is 1. The van der Waals surface area contributed by atoms with Crippen molar-refractivity contribution in [3.63, 3.8) is 0 Å². The van der Waals surface area contributed by atoms with Gasteiger partial charge < -0.3 is 18.9 Å². The van der Waals surface area contributed by atoms with Crippen LogP contribution in [-0.4, -0.2) is 75.0 Å². The molecule has 2 aliphatic heterocycles. The highest BCUT2D eigenvalue weighted by molar-refractivity contribution is 8.00. The van der Waals surface area contributed by atoms with Crippen molar-refractivity contribution in [1.29, 1.82) is 0 Å². The lowest BCUT2D eigenvalue weighted by Crippen LogP contribution is -2.58. The van der Waals surface area contributed by atoms with Crippen molar-refractivity contribution in [2.24, 2.45) is 0 Å². The molecule has 0 N–H and O–H groups in total. The highest BCUT2D eigenvalue weighted by Crippen LogP contribution is 2.38. The number of sulfonamides is 1. The summed E-state index contributed by atoms with van der Waals surface area (Å²) in [4.78, 5) is 12.5. The number of nitrogens with zero attached hydrogens (tertiary/aromatic N) is 1. The van der Waals surface area contributed by atoms with Crippen LogP contribution in [0.3, 0.4) is 0 Å². The van der Waals surface area contributed by atoms with Gasteiger partial charge in [-0.15, -0.1) is 0 Å². The molecule has 2 heterocycles. The molecule has 10 heteroatoms. The van der Waals surface area contributed by atoms with Crippen LogP contribution in [0.25, 0.3) is 0 Å². The smallest absolute Gasteiger partial charge is 0.325 e. The Kier molecular flexibility index (Phi) is 9.07. The van der Waals surface area contributed by atoms with E-state index in [1.54, 1.807) is 23.9 Å². The highest BCUT2D eigenvalue weighted by Gasteiger charge is 2.48. The summed E-state index contributed by atoms with van der Waals surface area (Å²) in [6, 6.07) is 5.21. The third kappa shape index (κ3) is 6.64. The third-order valence-electron chi connectivity index (χ3n) is 5.50. The first-order valence-corrected chi connectivity index (χ1v) is 13.3. The zero-order valence-electron chi connectivity index (χ0n) is 19.2. The van der Waals surface area contributed by atoms with Gasteiger partial charge in [0.1, 0.15) is 25.0 Å². The predicted octanol–water partition coefficient (Wildman–Crippen LogP) is 2.67. The van der Waals surface area contributed by atoms with Gasteiger partial charge in [0.2, 0.25) is 10.0 Å². The second-order valence-electron chi connectivity index (χ2n) is 8.21. The van der Waals surface area contributed by atoms with Gasteiger partial charge in [-0.2, -0.15) is 16.1 Å². The van der Waals surface area contributed by atoms with Crippen LogP contribution in [0.15, 0.2) is 29.2 Å². The number of carbonyl (C=O) groups excluding carboxylic acids is 1. The molecule has 2 unspecified atom stereocenters. The van der Waals surface area contributed by atoms with Crippen LogP contribution in [0, 0.1) is 11.8 Å². The summed E-state index contributed by atoms with van der Waals surface area (Å²) in [5.74, 6) is 6.29. The molecule has 0 aromatic heterocycles. The van der Waals surface area contributed by atoms with Crippen LogP contribution in [0.2, 0.25) is 0 Å². The molecule has 2 saturated heterocycles. The van der Waals surface area contributed by atoms with Crippen LogP contribution < -0.4 is 4.74 Å². The summed E-state index contributed by atoms with van der Waals surface area (Å²) in [5, 5.41) is 0. The topological polar surface area (TPSA) is 91.4 Å². The summed E-state index contributed by atoms with van der Waals surface area (Å²) in [6.45, 7) is 5.10. The molecule has 1 aromatic carbocycles. The molecule has 0 aliphatic carbocycles. The number of rotatable bonds is 7. The van der Waals surface area contributed by atoms with E-state index in [2.05, 4.69) is 11.8 Å². The summed E-state index contributed by atoms with van der Waals surface area (Å²) < 4.78 is 48.7. The van der Waals surface area contributed by atoms with Crippen molar-refractivity contribution in [3.05, 3.63) is 24.3 Å². The van der Waals surface area contributed by atoms with Crippen LogP contribution in [0.4, 0.5) is 0 Å². The zero-order valence-corrected chi connectivity index (χ0v) is 20.9. The van der Waals surface area contributed by atoms with Crippen LogP contribution in [0.1, 0.15) is 33.1 Å². The van der Waals surface area contributed by atoms with E-state index in [9.17, 15) is 13.2 Å². The molecule has 0 spiro atoms. The summed E-state index contributed by atoms with van der Waals surface area (Å²) in [6.07, 6.45) is 2.89. The van der Waals surface area contributed by atoms with E-state index in [0.29, 0.717) is 11.5 Å². The maximum Gasteiger partial charge on any atom is 0.325 e. The van der Waals surface area contributed by atoms with Gasteiger partial charge in [0.05, 0.1) is 12.0 Å². The number of esters is 1. The number of hydrogen-bond donors (Lipinski definition) is 0. The molecule has 182 valence electrons. The van der Waals surface area contributed by atoms with Gasteiger partial charge in [0, 0.05) is 23.7 Å². The molecule has 2 aliphatic rings. The van der Waals surface area contributed by atoms with E-state index in [0.717, 1.165) is 25.9 Å². The molecule has 33 heavy (non-hydrogen) atoms. The first kappa shape index (κ1) is 25.8. The minimum atomic E-state index is -3.89. The number of hydrogen-bond acceptors (Lipinski definition) is 8. The summed E-state index contributed by atoms with van der Waals surface area (Å²) in [7, 11) is -2.62. The average molecular weight is 498 g/mol. The fourth-order valence-corrected chi connectivity index (χ4v) is 6.85. The van der Waals surface area contributed by atoms with Crippen molar-refractivity contribution < 1.29 is 32.2 Å². The van der Waals surface area contributed by atoms with Gasteiger partial charge in [-0.25, -0.2) is 8.42 Å². The standard InChI is InChI=1S/C23H31NO7S2/c1-23(2)21(22(25)28-3)24(13-17-32-23)33(26,27)19-11-9-18(10-12-19)29-14-6-7-16-31-20-8-4-5-15-30-20/h9-12,20-21H,4-5,8,13-17H2,1-3H3. The van der Waals surface area contributed by atoms with Crippen molar-refractivity contribution >= 4 is 27.8 Å². The molecule has 0 bridgehead atoms. The second-order valence-corrected chi connectivity index (χ2v) is 11.9. The molecule has 1 aromatic rings. The van der Waals surface area contributed by atoms with E-state index in [-0.39, 0.29) is 30.9 Å². The van der Waals surface area contributed by atoms with Crippen molar-refractivity contribution in [2.45, 2.75) is 55.1 Å². The Hall–Kier alpha value is -1.77. The van der Waals surface area contributed by atoms with Crippen molar-refractivity contribution in [3.8, 4) is 17.6 Å². The Balaban J connectivity index is 1.58. The molecular weight excluding hydrogens is 466 g/mol. The maximum absolute atomic E-state index is 13.3. The first-order chi connectivity index (χ1) is 15.8. The molecule has 2 fully saturated rings. The third-order valence-corrected chi connectivity index (χ3v) is 8.74. The van der Waals surface area contributed by atoms with Crippen LogP contribution in [-0.2, 0) is 29.0 Å². The molecular formula is C23H31NO7S2. The van der Waals surface area contributed by atoms with E-state index in [4.69, 9.17) is 18.9 Å². The molecule has 8 nitrogen and oxygen atoms in total. The molecule has 2 atom stereocenters. The Morgan fingerprint density at radius 2 is 1.94 bits per heavy atom. The van der Waals surface area contributed by atoms with Crippen LogP contribution >= 0.6 is 11.8 Å². The van der Waals surface area contributed by atoms with Gasteiger partial charge in [-0.1, -0.05) is 11.8 Å². The fourth-order valence-electron chi connectivity index (χ4n) is 3.77. The fraction of sp³-hybridized carbons (Fsp3) is 0.609. The Morgan fingerprint density at radius 3 is 2.61 bits per heavy atom. The second kappa shape index (κ2) is 11.6. The van der Waals surface area contributed by atoms with E-state index in [1.807, 2.05) is 13.8 Å². The first-order valence-electron chi connectivity index (χ1n) is 10.9. The van der Waals surface area contributed by atoms with E-state index in [1.165, 1.54) is 23.5 Å². The lowest BCUT2D eigenvalue weighted by Gasteiger charge is -2.43. The van der Waals surface area contributed by atoms with Crippen molar-refractivity contribution in [1.82, 2.24) is 4.31 Å². The van der Waals surface area contributed by atoms with Gasteiger partial charge in [0.25, 0.3) is 0 Å². The highest BCUT2D eigenvalue weighted by atomic mass is 32.2. The quantitative estimate of drug-likeness (QED) is 0.420. The van der Waals surface area contributed by atoms with E-state index >= 15 is 0 Å². The minimum Gasteiger partial charge on any atom is -0.481 e. The molecule has 3 rings (SSSR count). The zero-order chi connectivity index (χ0) is 23.9. The molecule has 0 amide bonds. The lowest BCUT2D eigenvalue weighted by molar-refractivity contribution is -0.154. The lowest BCUT2D eigenvalue weighted by atomic mass is 10.0. The Bertz CT molecular complexity index is 961. The van der Waals surface area contributed by atoms with Crippen LogP contribution in [0.5, 0.6) is 5.75 Å². The largest absolute Gasteiger partial charge is 0.481 e. The number of ether oxygens (including phenoxy) is 4. The SMILES string of the molecule is COC(=O)C1N(S(=O)(=O)c2ccc(OCC#CCOC3CCCCO3)cc2)CCSC1(C)C. The van der Waals surface area contributed by atoms with Gasteiger partial charge >= 0.3 is 5.97 Å². The van der Waals surface area contributed by atoms with Gasteiger partial charge in [-0.3, -0.25) is 4.79 Å². The molecule has 0 saturated carbocycles. The summed E-state index contributed by atoms with van der Waals surface area (Å²) >= 11 is 1.56. The molecule has 0 radical (unpaired) electrons. The Labute approximate surface area is 200 Å². The normalized spacial score (nSPS) is 23.2. The van der Waals surface area contributed by atoms with Crippen molar-refractivity contribution in [2.75, 3.05) is 39.2 Å². The minimum absolute atomic E-state index is 0.0958. The summed E-state index contributed by atoms with van der Waals surface area (Å²) in [5.41, 5.74) is 0. The van der Waals surface area contributed by atoms with E-state index < -0.39 is 26.8 Å². The number of benzene rings is 1. The Morgan fingerprint density at radius 1 is 1.21 bits per heavy atom. The van der Waals surface area contributed by atoms with Gasteiger partial charge in [-0.05, 0) is 57.4 Å². The average Bonchev–Trinajstić information content (AvgIpc) is 2.81. The maximum atomic E-state index is 13.3. The monoisotopic (exact) mass is 497 g/mol. The number of carbonyl (C=O) groups is 1. The van der Waals surface area contributed by atoms with Gasteiger partial charge in [0.15, 0.2) is 6.29 Å². The number of methoxy groups -OCH3 is 1.